The summed E-state index contributed by atoms with van der Waals surface area (Å²) in [7, 11) is -4.56. The fourth-order valence-corrected chi connectivity index (χ4v) is 7.41. The summed E-state index contributed by atoms with van der Waals surface area (Å²) in [5.41, 5.74) is 0.516. The number of rotatable bonds is 7. The van der Waals surface area contributed by atoms with E-state index in [2.05, 4.69) is 0 Å². The van der Waals surface area contributed by atoms with Crippen molar-refractivity contribution in [2.24, 2.45) is 5.92 Å². The summed E-state index contributed by atoms with van der Waals surface area (Å²) in [4.78, 5) is 13.3. The Morgan fingerprint density at radius 3 is 2.38 bits per heavy atom. The first-order chi connectivity index (χ1) is 15.1. The highest BCUT2D eigenvalue weighted by molar-refractivity contribution is 7.89. The van der Waals surface area contributed by atoms with Crippen LogP contribution in [0.1, 0.15) is 24.8 Å². The van der Waals surface area contributed by atoms with Crippen LogP contribution in [0.15, 0.2) is 64.4 Å². The molecule has 1 aliphatic carbocycles. The van der Waals surface area contributed by atoms with E-state index in [0.717, 1.165) is 17.1 Å². The van der Waals surface area contributed by atoms with Gasteiger partial charge < -0.3 is 4.74 Å². The van der Waals surface area contributed by atoms with Gasteiger partial charge in [0.1, 0.15) is 12.6 Å². The zero-order valence-corrected chi connectivity index (χ0v) is 19.6. The summed E-state index contributed by atoms with van der Waals surface area (Å²) in [6, 6.07) is 13.2. The molecule has 8 nitrogen and oxygen atoms in total. The third-order valence-electron chi connectivity index (χ3n) is 6.14. The number of carbonyl (C=O) groups is 1. The summed E-state index contributed by atoms with van der Waals surface area (Å²) >= 11 is 0. The van der Waals surface area contributed by atoms with Crippen LogP contribution in [0.3, 0.4) is 0 Å². The largest absolute Gasteiger partial charge is 0.460 e. The number of hydrogen-bond donors (Lipinski definition) is 0. The first-order valence-electron chi connectivity index (χ1n) is 10.4. The van der Waals surface area contributed by atoms with Gasteiger partial charge in [-0.05, 0) is 55.0 Å². The molecule has 0 amide bonds. The summed E-state index contributed by atoms with van der Waals surface area (Å²) in [6.45, 7) is -0.136. The van der Waals surface area contributed by atoms with E-state index < -0.39 is 32.1 Å². The molecule has 0 spiro atoms. The van der Waals surface area contributed by atoms with Crippen LogP contribution in [0.4, 0.5) is 0 Å². The molecule has 1 aliphatic heterocycles. The molecule has 1 saturated carbocycles. The van der Waals surface area contributed by atoms with Gasteiger partial charge in [0, 0.05) is 20.1 Å². The normalized spacial score (nSPS) is 23.5. The maximum absolute atomic E-state index is 13.3. The first-order valence-corrected chi connectivity index (χ1v) is 13.3. The van der Waals surface area contributed by atoms with Gasteiger partial charge in [-0.25, -0.2) is 21.1 Å². The summed E-state index contributed by atoms with van der Waals surface area (Å²) in [5, 5.41) is 0. The number of fused-ring (bicyclic) bond motifs is 2. The zero-order chi connectivity index (χ0) is 23.1. The van der Waals surface area contributed by atoms with Crippen LogP contribution in [-0.2, 0) is 36.2 Å². The number of hydrogen-bond acceptors (Lipinski definition) is 6. The van der Waals surface area contributed by atoms with Gasteiger partial charge in [0.2, 0.25) is 20.0 Å². The molecule has 1 saturated heterocycles. The van der Waals surface area contributed by atoms with Crippen LogP contribution in [-0.4, -0.2) is 57.6 Å². The molecule has 0 N–H and O–H groups in total. The van der Waals surface area contributed by atoms with Crippen molar-refractivity contribution in [2.75, 3.05) is 14.1 Å². The van der Waals surface area contributed by atoms with Crippen molar-refractivity contribution < 1.29 is 26.4 Å². The summed E-state index contributed by atoms with van der Waals surface area (Å²) in [5.74, 6) is -0.677. The van der Waals surface area contributed by atoms with Gasteiger partial charge in [0.15, 0.2) is 0 Å². The number of esters is 1. The Bertz CT molecular complexity index is 1210. The highest BCUT2D eigenvalue weighted by Crippen LogP contribution is 2.45. The Morgan fingerprint density at radius 1 is 1.00 bits per heavy atom. The third-order valence-corrected chi connectivity index (χ3v) is 9.90. The van der Waals surface area contributed by atoms with Crippen molar-refractivity contribution in [1.29, 1.82) is 0 Å². The van der Waals surface area contributed by atoms with E-state index in [4.69, 9.17) is 4.74 Å². The van der Waals surface area contributed by atoms with Crippen molar-refractivity contribution in [1.82, 2.24) is 8.61 Å². The third kappa shape index (κ3) is 4.07. The van der Waals surface area contributed by atoms with E-state index in [1.165, 1.54) is 42.7 Å². The van der Waals surface area contributed by atoms with Crippen LogP contribution < -0.4 is 0 Å². The molecular formula is C22H26N2O6S2. The Labute approximate surface area is 188 Å². The molecule has 2 fully saturated rings. The fraction of sp³-hybridized carbons (Fsp3) is 0.409. The Hall–Kier alpha value is -2.27. The number of piperidine rings is 1. The minimum absolute atomic E-state index is 0.0774. The molecule has 0 aromatic heterocycles. The molecule has 0 radical (unpaired) electrons. The Kier molecular flexibility index (Phi) is 6.15. The van der Waals surface area contributed by atoms with Crippen LogP contribution in [0.2, 0.25) is 0 Å². The molecule has 172 valence electrons. The van der Waals surface area contributed by atoms with E-state index in [1.807, 2.05) is 0 Å². The Morgan fingerprint density at radius 2 is 1.69 bits per heavy atom. The minimum Gasteiger partial charge on any atom is -0.460 e. The number of benzene rings is 2. The number of carbonyl (C=O) groups excluding carboxylic acids is 1. The van der Waals surface area contributed by atoms with Crippen molar-refractivity contribution in [2.45, 2.75) is 47.7 Å². The smallest absolute Gasteiger partial charge is 0.325 e. The van der Waals surface area contributed by atoms with Crippen molar-refractivity contribution >= 4 is 26.0 Å². The topological polar surface area (TPSA) is 101 Å². The van der Waals surface area contributed by atoms with Crippen molar-refractivity contribution in [3.05, 3.63) is 60.2 Å². The van der Waals surface area contributed by atoms with Gasteiger partial charge in [-0.15, -0.1) is 0 Å². The van der Waals surface area contributed by atoms with Gasteiger partial charge in [-0.1, -0.05) is 30.3 Å². The highest BCUT2D eigenvalue weighted by atomic mass is 32.2. The maximum Gasteiger partial charge on any atom is 0.325 e. The van der Waals surface area contributed by atoms with E-state index >= 15 is 0 Å². The molecule has 1 heterocycles. The van der Waals surface area contributed by atoms with Crippen molar-refractivity contribution in [3.63, 3.8) is 0 Å². The molecule has 32 heavy (non-hydrogen) atoms. The standard InChI is InChI=1S/C22H26N2O6S2/c1-23(2)31(26,27)20-10-6-7-16(13-20)15-30-22(25)21-17-11-12-18(14-17)24(21)32(28,29)19-8-4-3-5-9-19/h3-10,13,17-18,21H,11-12,14-15H2,1-2H3/t17-,18-,21-/m0/s1. The molecule has 4 rings (SSSR count). The van der Waals surface area contributed by atoms with Gasteiger partial charge in [0.25, 0.3) is 0 Å². The summed E-state index contributed by atoms with van der Waals surface area (Å²) < 4.78 is 59.2. The average Bonchev–Trinajstić information content (AvgIpc) is 3.40. The van der Waals surface area contributed by atoms with Gasteiger partial charge >= 0.3 is 5.97 Å². The van der Waals surface area contributed by atoms with Crippen LogP contribution >= 0.6 is 0 Å². The van der Waals surface area contributed by atoms with Gasteiger partial charge in [-0.2, -0.15) is 4.31 Å². The molecule has 2 bridgehead atoms. The minimum atomic E-state index is -3.83. The predicted molar refractivity (Wildman–Crippen MR) is 117 cm³/mol. The van der Waals surface area contributed by atoms with Crippen LogP contribution in [0, 0.1) is 5.92 Å². The monoisotopic (exact) mass is 478 g/mol. The lowest BCUT2D eigenvalue weighted by Gasteiger charge is -2.32. The highest BCUT2D eigenvalue weighted by Gasteiger charge is 2.55. The maximum atomic E-state index is 13.3. The molecule has 2 aliphatic rings. The Balaban J connectivity index is 1.53. The fourth-order valence-electron chi connectivity index (χ4n) is 4.55. The van der Waals surface area contributed by atoms with E-state index in [-0.39, 0.29) is 28.4 Å². The lowest BCUT2D eigenvalue weighted by molar-refractivity contribution is -0.151. The summed E-state index contributed by atoms with van der Waals surface area (Å²) in [6.07, 6.45) is 2.15. The molecule has 2 aromatic carbocycles. The second kappa shape index (κ2) is 8.58. The lowest BCUT2D eigenvalue weighted by atomic mass is 10.0. The molecule has 3 atom stereocenters. The SMILES string of the molecule is CN(C)S(=O)(=O)c1cccc(COC(=O)[C@@H]2[C@H]3CC[C@@H](C3)N2S(=O)(=O)c2ccccc2)c1. The van der Waals surface area contributed by atoms with E-state index in [1.54, 1.807) is 30.3 Å². The van der Waals surface area contributed by atoms with E-state index in [9.17, 15) is 21.6 Å². The van der Waals surface area contributed by atoms with Gasteiger partial charge in [-0.3, -0.25) is 4.79 Å². The molecule has 0 unspecified atom stereocenters. The number of sulfonamides is 2. The average molecular weight is 479 g/mol. The van der Waals surface area contributed by atoms with Crippen LogP contribution in [0.25, 0.3) is 0 Å². The zero-order valence-electron chi connectivity index (χ0n) is 17.9. The first kappa shape index (κ1) is 22.9. The number of ether oxygens (including phenoxy) is 1. The predicted octanol–water partition coefficient (Wildman–Crippen LogP) is 2.22. The molecule has 10 heteroatoms. The van der Waals surface area contributed by atoms with Gasteiger partial charge in [0.05, 0.1) is 9.79 Å². The van der Waals surface area contributed by atoms with E-state index in [0.29, 0.717) is 12.0 Å². The quantitative estimate of drug-likeness (QED) is 0.566. The molecular weight excluding hydrogens is 452 g/mol. The second-order valence-corrected chi connectivity index (χ2v) is 12.4. The molecule has 2 aromatic rings. The lowest BCUT2D eigenvalue weighted by Crippen LogP contribution is -2.49. The number of nitrogens with zero attached hydrogens (tertiary/aromatic N) is 2. The van der Waals surface area contributed by atoms with Crippen molar-refractivity contribution in [3.8, 4) is 0 Å². The second-order valence-electron chi connectivity index (χ2n) is 8.36. The van der Waals surface area contributed by atoms with Crippen LogP contribution in [0.5, 0.6) is 0 Å².